The van der Waals surface area contributed by atoms with Crippen molar-refractivity contribution >= 4 is 22.4 Å². The molecule has 1 N–H and O–H groups in total. The third-order valence-electron chi connectivity index (χ3n) is 3.35. The molecule has 0 amide bonds. The van der Waals surface area contributed by atoms with E-state index in [9.17, 15) is 12.8 Å². The normalized spacial score (nSPS) is 20.5. The maximum absolute atomic E-state index is 13.3. The fourth-order valence-corrected chi connectivity index (χ4v) is 4.49. The number of rotatable bonds is 2. The van der Waals surface area contributed by atoms with E-state index in [0.29, 0.717) is 30.8 Å². The highest BCUT2D eigenvalue weighted by molar-refractivity contribution is 7.89. The van der Waals surface area contributed by atoms with Crippen molar-refractivity contribution in [1.29, 1.82) is 0 Å². The molecule has 1 heterocycles. The zero-order valence-corrected chi connectivity index (χ0v) is 13.4. The molecule has 1 aliphatic rings. The van der Waals surface area contributed by atoms with Crippen molar-refractivity contribution in [3.05, 3.63) is 29.1 Å². The standard InChI is InChI=1S/C13H19FN2O2S.ClH/c1-9-6-12(14)7-10(2)13(9)19(17,18)16-5-4-15-11(3)8-16;/h6-7,11,15H,4-5,8H2,1-3H3;1H/t11-;/m1./s1. The Balaban J connectivity index is 0.00000200. The van der Waals surface area contributed by atoms with Crippen LogP contribution in [0.1, 0.15) is 18.1 Å². The van der Waals surface area contributed by atoms with Crippen molar-refractivity contribution in [3.8, 4) is 0 Å². The van der Waals surface area contributed by atoms with Crippen LogP contribution in [0.3, 0.4) is 0 Å². The van der Waals surface area contributed by atoms with Gasteiger partial charge in [-0.25, -0.2) is 12.8 Å². The molecule has 0 bridgehead atoms. The number of sulfonamides is 1. The number of benzene rings is 1. The van der Waals surface area contributed by atoms with Gasteiger partial charge >= 0.3 is 0 Å². The van der Waals surface area contributed by atoms with Gasteiger partial charge < -0.3 is 5.32 Å². The average molecular weight is 323 g/mol. The van der Waals surface area contributed by atoms with Gasteiger partial charge in [-0.3, -0.25) is 0 Å². The van der Waals surface area contributed by atoms with E-state index >= 15 is 0 Å². The van der Waals surface area contributed by atoms with Crippen LogP contribution >= 0.6 is 12.4 Å². The lowest BCUT2D eigenvalue weighted by Crippen LogP contribution is -2.51. The molecule has 1 aliphatic heterocycles. The molecule has 114 valence electrons. The highest BCUT2D eigenvalue weighted by Crippen LogP contribution is 2.25. The largest absolute Gasteiger partial charge is 0.312 e. The Morgan fingerprint density at radius 2 is 1.85 bits per heavy atom. The van der Waals surface area contributed by atoms with Crippen molar-refractivity contribution < 1.29 is 12.8 Å². The van der Waals surface area contributed by atoms with Gasteiger partial charge in [0, 0.05) is 25.7 Å². The fraction of sp³-hybridized carbons (Fsp3) is 0.538. The van der Waals surface area contributed by atoms with Gasteiger partial charge in [0.2, 0.25) is 10.0 Å². The summed E-state index contributed by atoms with van der Waals surface area (Å²) in [6.07, 6.45) is 0. The van der Waals surface area contributed by atoms with Gasteiger partial charge in [0.15, 0.2) is 0 Å². The lowest BCUT2D eigenvalue weighted by atomic mass is 10.1. The topological polar surface area (TPSA) is 49.4 Å². The molecule has 0 saturated carbocycles. The zero-order valence-electron chi connectivity index (χ0n) is 11.8. The number of hydrogen-bond donors (Lipinski definition) is 1. The Morgan fingerprint density at radius 1 is 1.30 bits per heavy atom. The molecule has 0 spiro atoms. The molecule has 20 heavy (non-hydrogen) atoms. The van der Waals surface area contributed by atoms with Gasteiger partial charge in [-0.2, -0.15) is 4.31 Å². The lowest BCUT2D eigenvalue weighted by molar-refractivity contribution is 0.310. The molecule has 1 saturated heterocycles. The third-order valence-corrected chi connectivity index (χ3v) is 5.53. The summed E-state index contributed by atoms with van der Waals surface area (Å²) in [6, 6.07) is 2.67. The Bertz CT molecular complexity index is 569. The number of nitrogens with zero attached hydrogens (tertiary/aromatic N) is 1. The Hall–Kier alpha value is -0.690. The Morgan fingerprint density at radius 3 is 2.35 bits per heavy atom. The first-order valence-corrected chi connectivity index (χ1v) is 7.76. The summed E-state index contributed by atoms with van der Waals surface area (Å²) in [5.41, 5.74) is 0.923. The van der Waals surface area contributed by atoms with Gasteiger partial charge in [-0.1, -0.05) is 0 Å². The first-order valence-electron chi connectivity index (χ1n) is 6.32. The minimum atomic E-state index is -3.55. The van der Waals surface area contributed by atoms with Crippen molar-refractivity contribution in [2.24, 2.45) is 0 Å². The maximum atomic E-state index is 13.3. The molecule has 0 unspecified atom stereocenters. The number of hydrogen-bond acceptors (Lipinski definition) is 3. The van der Waals surface area contributed by atoms with Gasteiger partial charge in [0.05, 0.1) is 4.90 Å². The molecule has 0 aromatic heterocycles. The average Bonchev–Trinajstić information content (AvgIpc) is 2.26. The molecule has 2 rings (SSSR count). The van der Waals surface area contributed by atoms with Gasteiger partial charge in [0.1, 0.15) is 5.82 Å². The van der Waals surface area contributed by atoms with E-state index in [4.69, 9.17) is 0 Å². The molecular weight excluding hydrogens is 303 g/mol. The minimum Gasteiger partial charge on any atom is -0.312 e. The van der Waals surface area contributed by atoms with Gasteiger partial charge in [-0.05, 0) is 44.0 Å². The highest BCUT2D eigenvalue weighted by atomic mass is 35.5. The van der Waals surface area contributed by atoms with Crippen molar-refractivity contribution in [2.75, 3.05) is 19.6 Å². The van der Waals surface area contributed by atoms with Crippen LogP contribution < -0.4 is 5.32 Å². The van der Waals surface area contributed by atoms with Crippen LogP contribution in [0.25, 0.3) is 0 Å². The molecule has 0 radical (unpaired) electrons. The number of halogens is 2. The number of piperazine rings is 1. The third kappa shape index (κ3) is 3.31. The fourth-order valence-electron chi connectivity index (χ4n) is 2.55. The van der Waals surface area contributed by atoms with E-state index in [-0.39, 0.29) is 23.3 Å². The Labute approximate surface area is 125 Å². The summed E-state index contributed by atoms with van der Waals surface area (Å²) < 4.78 is 40.1. The summed E-state index contributed by atoms with van der Waals surface area (Å²) in [7, 11) is -3.55. The minimum absolute atomic E-state index is 0. The Kier molecular flexibility index (Phi) is 5.54. The number of aryl methyl sites for hydroxylation is 2. The molecule has 1 aromatic carbocycles. The van der Waals surface area contributed by atoms with Crippen LogP contribution in [0, 0.1) is 19.7 Å². The summed E-state index contributed by atoms with van der Waals surface area (Å²) in [5, 5.41) is 3.21. The van der Waals surface area contributed by atoms with E-state index in [0.717, 1.165) is 0 Å². The predicted octanol–water partition coefficient (Wildman–Crippen LogP) is 1.85. The van der Waals surface area contributed by atoms with Crippen LogP contribution in [-0.4, -0.2) is 38.4 Å². The number of nitrogens with one attached hydrogen (secondary N) is 1. The van der Waals surface area contributed by atoms with Crippen LogP contribution in [0.2, 0.25) is 0 Å². The first kappa shape index (κ1) is 17.4. The van der Waals surface area contributed by atoms with E-state index in [1.165, 1.54) is 16.4 Å². The quantitative estimate of drug-likeness (QED) is 0.904. The second-order valence-electron chi connectivity index (χ2n) is 5.09. The molecular formula is C13H20ClFN2O2S. The SMILES string of the molecule is Cc1cc(F)cc(C)c1S(=O)(=O)N1CCN[C@H](C)C1.Cl. The summed E-state index contributed by atoms with van der Waals surface area (Å²) in [6.45, 7) is 6.75. The summed E-state index contributed by atoms with van der Waals surface area (Å²) in [5.74, 6) is -0.400. The second kappa shape index (κ2) is 6.39. The van der Waals surface area contributed by atoms with Gasteiger partial charge in [0.25, 0.3) is 0 Å². The lowest BCUT2D eigenvalue weighted by Gasteiger charge is -2.31. The van der Waals surface area contributed by atoms with Crippen LogP contribution in [0.5, 0.6) is 0 Å². The molecule has 1 atom stereocenters. The molecule has 1 aromatic rings. The van der Waals surface area contributed by atoms with Crippen molar-refractivity contribution in [1.82, 2.24) is 9.62 Å². The highest BCUT2D eigenvalue weighted by Gasteiger charge is 2.30. The smallest absolute Gasteiger partial charge is 0.243 e. The monoisotopic (exact) mass is 322 g/mol. The molecule has 7 heteroatoms. The first-order chi connectivity index (χ1) is 8.82. The van der Waals surface area contributed by atoms with Crippen molar-refractivity contribution in [3.63, 3.8) is 0 Å². The zero-order chi connectivity index (χ0) is 14.2. The molecule has 1 fully saturated rings. The van der Waals surface area contributed by atoms with E-state index in [1.54, 1.807) is 13.8 Å². The van der Waals surface area contributed by atoms with Crippen LogP contribution in [0.4, 0.5) is 4.39 Å². The maximum Gasteiger partial charge on any atom is 0.243 e. The van der Waals surface area contributed by atoms with Crippen LogP contribution in [0.15, 0.2) is 17.0 Å². The van der Waals surface area contributed by atoms with E-state index < -0.39 is 15.8 Å². The van der Waals surface area contributed by atoms with Crippen molar-refractivity contribution in [2.45, 2.75) is 31.7 Å². The summed E-state index contributed by atoms with van der Waals surface area (Å²) in [4.78, 5) is 0.239. The van der Waals surface area contributed by atoms with E-state index in [1.807, 2.05) is 6.92 Å². The predicted molar refractivity (Wildman–Crippen MR) is 79.3 cm³/mol. The molecule has 0 aliphatic carbocycles. The van der Waals surface area contributed by atoms with Crippen LogP contribution in [-0.2, 0) is 10.0 Å². The van der Waals surface area contributed by atoms with E-state index in [2.05, 4.69) is 5.32 Å². The van der Waals surface area contributed by atoms with Gasteiger partial charge in [-0.15, -0.1) is 12.4 Å². The second-order valence-corrected chi connectivity index (χ2v) is 6.96. The molecule has 4 nitrogen and oxygen atoms in total. The summed E-state index contributed by atoms with van der Waals surface area (Å²) >= 11 is 0.